The third kappa shape index (κ3) is 4.44. The quantitative estimate of drug-likeness (QED) is 0.440. The van der Waals surface area contributed by atoms with Gasteiger partial charge in [-0.15, -0.1) is 0 Å². The van der Waals surface area contributed by atoms with E-state index in [1.54, 1.807) is 6.92 Å². The summed E-state index contributed by atoms with van der Waals surface area (Å²) in [7, 11) is -4.19. The summed E-state index contributed by atoms with van der Waals surface area (Å²) in [4.78, 5) is 11.1. The molecular weight excluding hydrogens is 220 g/mol. The Morgan fingerprint density at radius 3 is 2.27 bits per heavy atom. The van der Waals surface area contributed by atoms with Gasteiger partial charge in [-0.05, 0) is 20.3 Å². The van der Waals surface area contributed by atoms with Crippen LogP contribution in [0.4, 0.5) is 0 Å². The second-order valence-electron chi connectivity index (χ2n) is 3.35. The molecule has 0 aliphatic carbocycles. The van der Waals surface area contributed by atoms with Crippen LogP contribution in [0.2, 0.25) is 0 Å². The van der Waals surface area contributed by atoms with Crippen LogP contribution in [-0.4, -0.2) is 30.3 Å². The van der Waals surface area contributed by atoms with Crippen molar-refractivity contribution in [1.82, 2.24) is 0 Å². The molecule has 0 saturated carbocycles. The maximum atomic E-state index is 11.1. The minimum absolute atomic E-state index is 0.170. The molecule has 0 aromatic carbocycles. The van der Waals surface area contributed by atoms with Crippen molar-refractivity contribution < 1.29 is 22.5 Å². The van der Waals surface area contributed by atoms with Crippen molar-refractivity contribution in [3.8, 4) is 0 Å². The number of carbonyl (C=O) groups excluding carboxylic acids is 1. The van der Waals surface area contributed by atoms with Crippen LogP contribution in [0.15, 0.2) is 12.2 Å². The Bertz CT molecular complexity index is 344. The van der Waals surface area contributed by atoms with E-state index in [0.29, 0.717) is 0 Å². The maximum absolute atomic E-state index is 11.1. The Morgan fingerprint density at radius 2 is 2.00 bits per heavy atom. The summed E-state index contributed by atoms with van der Waals surface area (Å²) < 4.78 is 35.5. The minimum Gasteiger partial charge on any atom is -0.458 e. The Hall–Kier alpha value is -0.880. The van der Waals surface area contributed by atoms with Crippen molar-refractivity contribution in [2.24, 2.45) is 0 Å². The number of esters is 1. The number of hydrogen-bond acceptors (Lipinski definition) is 4. The zero-order chi connectivity index (χ0) is 12.2. The summed E-state index contributed by atoms with van der Waals surface area (Å²) >= 11 is 0. The van der Waals surface area contributed by atoms with E-state index in [-0.39, 0.29) is 12.0 Å². The Labute approximate surface area is 89.9 Å². The normalized spacial score (nSPS) is 15.5. The van der Waals surface area contributed by atoms with Gasteiger partial charge in [-0.1, -0.05) is 13.5 Å². The topological polar surface area (TPSA) is 80.7 Å². The molecule has 0 amide bonds. The van der Waals surface area contributed by atoms with E-state index in [1.807, 2.05) is 0 Å². The molecule has 0 aromatic heterocycles. The van der Waals surface area contributed by atoms with E-state index >= 15 is 0 Å². The summed E-state index contributed by atoms with van der Waals surface area (Å²) in [6, 6.07) is 0. The van der Waals surface area contributed by atoms with Crippen LogP contribution in [0.5, 0.6) is 0 Å². The molecule has 0 heterocycles. The zero-order valence-corrected chi connectivity index (χ0v) is 9.87. The second kappa shape index (κ2) is 5.27. The predicted octanol–water partition coefficient (Wildman–Crippen LogP) is 1.16. The van der Waals surface area contributed by atoms with Gasteiger partial charge in [-0.3, -0.25) is 4.55 Å². The first-order valence-electron chi connectivity index (χ1n) is 4.53. The highest BCUT2D eigenvalue weighted by Crippen LogP contribution is 2.13. The van der Waals surface area contributed by atoms with Gasteiger partial charge in [-0.2, -0.15) is 8.42 Å². The molecule has 0 spiro atoms. The number of ether oxygens (including phenoxy) is 1. The van der Waals surface area contributed by atoms with Crippen molar-refractivity contribution >= 4 is 16.1 Å². The van der Waals surface area contributed by atoms with Crippen molar-refractivity contribution in [3.05, 3.63) is 12.2 Å². The van der Waals surface area contributed by atoms with Crippen LogP contribution in [0, 0.1) is 0 Å². The number of rotatable bonds is 5. The molecule has 2 unspecified atom stereocenters. The van der Waals surface area contributed by atoms with Crippen molar-refractivity contribution in [2.75, 3.05) is 0 Å². The van der Waals surface area contributed by atoms with Gasteiger partial charge in [0.15, 0.2) is 0 Å². The molecule has 0 fully saturated rings. The standard InChI is InChI=1S/C9H16O5S/c1-5-8(15(11,12)13)7(4)14-9(10)6(2)3/h7-8H,2,5H2,1,3-4H3,(H,11,12,13). The van der Waals surface area contributed by atoms with Gasteiger partial charge < -0.3 is 4.74 Å². The van der Waals surface area contributed by atoms with Gasteiger partial charge in [0, 0.05) is 5.57 Å². The fraction of sp³-hybridized carbons (Fsp3) is 0.667. The predicted molar refractivity (Wildman–Crippen MR) is 56.0 cm³/mol. The SMILES string of the molecule is C=C(C)C(=O)OC(C)C(CC)S(=O)(=O)O. The third-order valence-corrected chi connectivity index (χ3v) is 3.43. The van der Waals surface area contributed by atoms with Crippen LogP contribution in [0.1, 0.15) is 27.2 Å². The first-order chi connectivity index (χ1) is 6.70. The van der Waals surface area contributed by atoms with Crippen LogP contribution < -0.4 is 0 Å². The molecule has 15 heavy (non-hydrogen) atoms. The van der Waals surface area contributed by atoms with Gasteiger partial charge in [-0.25, -0.2) is 4.79 Å². The summed E-state index contributed by atoms with van der Waals surface area (Å²) in [5, 5.41) is -1.10. The van der Waals surface area contributed by atoms with E-state index < -0.39 is 27.4 Å². The van der Waals surface area contributed by atoms with Gasteiger partial charge in [0.1, 0.15) is 11.4 Å². The third-order valence-electron chi connectivity index (χ3n) is 1.95. The molecule has 0 rings (SSSR count). The molecule has 1 N–H and O–H groups in total. The average Bonchev–Trinajstić information content (AvgIpc) is 2.01. The molecule has 2 atom stereocenters. The molecule has 0 radical (unpaired) electrons. The average molecular weight is 236 g/mol. The highest BCUT2D eigenvalue weighted by Gasteiger charge is 2.30. The highest BCUT2D eigenvalue weighted by atomic mass is 32.2. The first kappa shape index (κ1) is 14.1. The van der Waals surface area contributed by atoms with Gasteiger partial charge >= 0.3 is 5.97 Å². The molecule has 88 valence electrons. The van der Waals surface area contributed by atoms with E-state index in [4.69, 9.17) is 9.29 Å². The number of carbonyl (C=O) groups is 1. The van der Waals surface area contributed by atoms with Crippen LogP contribution in [-0.2, 0) is 19.6 Å². The lowest BCUT2D eigenvalue weighted by molar-refractivity contribution is -0.143. The Balaban J connectivity index is 4.63. The van der Waals surface area contributed by atoms with Gasteiger partial charge in [0.05, 0.1) is 0 Å². The molecule has 0 aliphatic heterocycles. The van der Waals surface area contributed by atoms with Crippen LogP contribution >= 0.6 is 0 Å². The first-order valence-corrected chi connectivity index (χ1v) is 6.03. The van der Waals surface area contributed by atoms with E-state index in [0.717, 1.165) is 0 Å². The molecule has 0 aliphatic rings. The number of hydrogen-bond donors (Lipinski definition) is 1. The van der Waals surface area contributed by atoms with Crippen LogP contribution in [0.3, 0.4) is 0 Å². The van der Waals surface area contributed by atoms with E-state index in [9.17, 15) is 13.2 Å². The minimum atomic E-state index is -4.19. The molecule has 6 heteroatoms. The Morgan fingerprint density at radius 1 is 1.53 bits per heavy atom. The molecule has 0 bridgehead atoms. The maximum Gasteiger partial charge on any atom is 0.333 e. The molecular formula is C9H16O5S. The molecule has 5 nitrogen and oxygen atoms in total. The van der Waals surface area contributed by atoms with E-state index in [2.05, 4.69) is 6.58 Å². The lowest BCUT2D eigenvalue weighted by atomic mass is 10.2. The molecule has 0 aromatic rings. The monoisotopic (exact) mass is 236 g/mol. The summed E-state index contributed by atoms with van der Waals surface area (Å²) in [6.45, 7) is 7.84. The van der Waals surface area contributed by atoms with E-state index in [1.165, 1.54) is 13.8 Å². The van der Waals surface area contributed by atoms with Crippen LogP contribution in [0.25, 0.3) is 0 Å². The summed E-state index contributed by atoms with van der Waals surface area (Å²) in [5.41, 5.74) is 0.187. The van der Waals surface area contributed by atoms with Crippen molar-refractivity contribution in [2.45, 2.75) is 38.5 Å². The van der Waals surface area contributed by atoms with Gasteiger partial charge in [0.2, 0.25) is 0 Å². The summed E-state index contributed by atoms with van der Waals surface area (Å²) in [6.07, 6.45) is -0.724. The van der Waals surface area contributed by atoms with Crippen molar-refractivity contribution in [1.29, 1.82) is 0 Å². The van der Waals surface area contributed by atoms with Gasteiger partial charge in [0.25, 0.3) is 10.1 Å². The smallest absolute Gasteiger partial charge is 0.333 e. The Kier molecular flexibility index (Phi) is 4.96. The summed E-state index contributed by atoms with van der Waals surface area (Å²) in [5.74, 6) is -0.662. The highest BCUT2D eigenvalue weighted by molar-refractivity contribution is 7.86. The molecule has 0 saturated heterocycles. The largest absolute Gasteiger partial charge is 0.458 e. The fourth-order valence-electron chi connectivity index (χ4n) is 1.13. The lowest BCUT2D eigenvalue weighted by Crippen LogP contribution is -2.34. The lowest BCUT2D eigenvalue weighted by Gasteiger charge is -2.20. The second-order valence-corrected chi connectivity index (χ2v) is 4.99. The fourth-order valence-corrected chi connectivity index (χ4v) is 2.09. The van der Waals surface area contributed by atoms with Crippen molar-refractivity contribution in [3.63, 3.8) is 0 Å². The zero-order valence-electron chi connectivity index (χ0n) is 9.06.